The van der Waals surface area contributed by atoms with E-state index in [4.69, 9.17) is 9.84 Å². The number of ether oxygens (including phenoxy) is 1. The fraction of sp³-hybridized carbons (Fsp3) is 0.118. The minimum Gasteiger partial charge on any atom is -0.496 e. The molecule has 1 aromatic carbocycles. The van der Waals surface area contributed by atoms with Gasteiger partial charge in [-0.1, -0.05) is 12.1 Å². The van der Waals surface area contributed by atoms with E-state index in [1.165, 1.54) is 24.5 Å². The zero-order chi connectivity index (χ0) is 16.8. The Hall–Kier alpha value is -3.15. The van der Waals surface area contributed by atoms with Crippen LogP contribution in [0, 0.1) is 6.92 Å². The number of carboxylic acid groups (broad SMARTS) is 1. The molecule has 2 N–H and O–H groups in total. The number of rotatable bonds is 5. The number of nitrogens with one attached hydrogen (secondary N) is 1. The Morgan fingerprint density at radius 3 is 2.78 bits per heavy atom. The first-order valence-corrected chi connectivity index (χ1v) is 6.82. The zero-order valence-corrected chi connectivity index (χ0v) is 12.7. The summed E-state index contributed by atoms with van der Waals surface area (Å²) in [6, 6.07) is 6.88. The highest BCUT2D eigenvalue weighted by atomic mass is 16.5. The van der Waals surface area contributed by atoms with Crippen LogP contribution in [0.2, 0.25) is 0 Å². The van der Waals surface area contributed by atoms with Crippen LogP contribution >= 0.6 is 0 Å². The predicted octanol–water partition coefficient (Wildman–Crippen LogP) is 2.75. The third-order valence-electron chi connectivity index (χ3n) is 3.17. The highest BCUT2D eigenvalue weighted by molar-refractivity contribution is 6.05. The molecule has 1 heterocycles. The molecule has 118 valence electrons. The van der Waals surface area contributed by atoms with Gasteiger partial charge in [-0.15, -0.1) is 0 Å². The lowest BCUT2D eigenvalue weighted by Crippen LogP contribution is -2.12. The third-order valence-corrected chi connectivity index (χ3v) is 3.17. The van der Waals surface area contributed by atoms with Crippen molar-refractivity contribution in [3.05, 3.63) is 59.4 Å². The fourth-order valence-corrected chi connectivity index (χ4v) is 1.97. The summed E-state index contributed by atoms with van der Waals surface area (Å²) >= 11 is 0. The van der Waals surface area contributed by atoms with Crippen molar-refractivity contribution in [3.8, 4) is 5.75 Å². The summed E-state index contributed by atoms with van der Waals surface area (Å²) in [4.78, 5) is 26.8. The molecule has 1 aromatic heterocycles. The highest BCUT2D eigenvalue weighted by Gasteiger charge is 2.10. The van der Waals surface area contributed by atoms with Crippen LogP contribution in [0.1, 0.15) is 21.5 Å². The topological polar surface area (TPSA) is 88.5 Å². The van der Waals surface area contributed by atoms with Crippen LogP contribution in [0.25, 0.3) is 6.08 Å². The van der Waals surface area contributed by atoms with Crippen molar-refractivity contribution in [1.29, 1.82) is 0 Å². The molecule has 0 unspecified atom stereocenters. The van der Waals surface area contributed by atoms with Crippen molar-refractivity contribution in [1.82, 2.24) is 4.98 Å². The molecule has 2 rings (SSSR count). The highest BCUT2D eigenvalue weighted by Crippen LogP contribution is 2.20. The molecule has 0 atom stereocenters. The molecule has 23 heavy (non-hydrogen) atoms. The number of pyridine rings is 1. The molecular weight excluding hydrogens is 296 g/mol. The van der Waals surface area contributed by atoms with Gasteiger partial charge in [-0.05, 0) is 36.3 Å². The number of carbonyl (C=O) groups is 2. The Morgan fingerprint density at radius 2 is 2.09 bits per heavy atom. The number of hydrogen-bond acceptors (Lipinski definition) is 4. The zero-order valence-electron chi connectivity index (χ0n) is 12.7. The monoisotopic (exact) mass is 312 g/mol. The molecule has 1 amide bonds. The predicted molar refractivity (Wildman–Crippen MR) is 86.6 cm³/mol. The van der Waals surface area contributed by atoms with E-state index in [0.29, 0.717) is 0 Å². The molecular formula is C17H16N2O4. The van der Waals surface area contributed by atoms with E-state index in [0.717, 1.165) is 16.9 Å². The van der Waals surface area contributed by atoms with Crippen LogP contribution in [-0.4, -0.2) is 29.1 Å². The molecule has 2 aromatic rings. The quantitative estimate of drug-likeness (QED) is 0.829. The van der Waals surface area contributed by atoms with Gasteiger partial charge >= 0.3 is 5.97 Å². The molecule has 0 fully saturated rings. The standard InChI is InChI=1S/C17H16N2O4/c1-11-3-4-12(9-15(11)23-2)5-6-16(20)19-14-10-18-8-7-13(14)17(21)22/h3-10H,1-2H3,(H,19,20)(H,21,22). The second-order valence-corrected chi connectivity index (χ2v) is 4.78. The summed E-state index contributed by atoms with van der Waals surface area (Å²) in [5.74, 6) is -0.844. The lowest BCUT2D eigenvalue weighted by atomic mass is 10.1. The number of methoxy groups -OCH3 is 1. The number of aromatic nitrogens is 1. The molecule has 6 heteroatoms. The Kier molecular flexibility index (Phi) is 5.09. The minimum atomic E-state index is -1.13. The van der Waals surface area contributed by atoms with Gasteiger partial charge in [-0.2, -0.15) is 0 Å². The van der Waals surface area contributed by atoms with E-state index < -0.39 is 11.9 Å². The van der Waals surface area contributed by atoms with Gasteiger partial charge in [0.25, 0.3) is 0 Å². The van der Waals surface area contributed by atoms with E-state index in [1.54, 1.807) is 13.2 Å². The number of nitrogens with zero attached hydrogens (tertiary/aromatic N) is 1. The summed E-state index contributed by atoms with van der Waals surface area (Å²) in [7, 11) is 1.58. The van der Waals surface area contributed by atoms with Crippen molar-refractivity contribution in [2.24, 2.45) is 0 Å². The number of hydrogen-bond donors (Lipinski definition) is 2. The van der Waals surface area contributed by atoms with Gasteiger partial charge in [0.1, 0.15) is 5.75 Å². The van der Waals surface area contributed by atoms with Crippen molar-refractivity contribution in [2.75, 3.05) is 12.4 Å². The van der Waals surface area contributed by atoms with E-state index in [1.807, 2.05) is 25.1 Å². The van der Waals surface area contributed by atoms with Gasteiger partial charge in [0.05, 0.1) is 24.6 Å². The first kappa shape index (κ1) is 16.2. The van der Waals surface area contributed by atoms with Crippen LogP contribution in [-0.2, 0) is 4.79 Å². The normalized spacial score (nSPS) is 10.5. The number of amides is 1. The number of anilines is 1. The molecule has 0 spiro atoms. The number of aromatic carboxylic acids is 1. The molecule has 0 aliphatic carbocycles. The van der Waals surface area contributed by atoms with Crippen molar-refractivity contribution < 1.29 is 19.4 Å². The molecule has 0 aliphatic rings. The average Bonchev–Trinajstić information content (AvgIpc) is 2.54. The van der Waals surface area contributed by atoms with Crippen molar-refractivity contribution in [2.45, 2.75) is 6.92 Å². The van der Waals surface area contributed by atoms with Crippen molar-refractivity contribution >= 4 is 23.6 Å². The summed E-state index contributed by atoms with van der Waals surface area (Å²) in [5.41, 5.74) is 1.93. The largest absolute Gasteiger partial charge is 0.496 e. The molecule has 0 saturated carbocycles. The first-order valence-electron chi connectivity index (χ1n) is 6.82. The van der Waals surface area contributed by atoms with Gasteiger partial charge in [-0.25, -0.2) is 4.79 Å². The molecule has 0 aliphatic heterocycles. The second kappa shape index (κ2) is 7.22. The van der Waals surface area contributed by atoms with Crippen molar-refractivity contribution in [3.63, 3.8) is 0 Å². The number of carbonyl (C=O) groups excluding carboxylic acids is 1. The summed E-state index contributed by atoms with van der Waals surface area (Å²) in [5, 5.41) is 11.6. The Bertz CT molecular complexity index is 769. The van der Waals surface area contributed by atoms with Gasteiger partial charge in [-0.3, -0.25) is 9.78 Å². The summed E-state index contributed by atoms with van der Waals surface area (Å²) in [6.07, 6.45) is 5.59. The minimum absolute atomic E-state index is 0.0150. The van der Waals surface area contributed by atoms with E-state index in [2.05, 4.69) is 10.3 Å². The summed E-state index contributed by atoms with van der Waals surface area (Å²) in [6.45, 7) is 1.93. The number of carboxylic acids is 1. The Balaban J connectivity index is 2.12. The van der Waals surface area contributed by atoms with E-state index in [9.17, 15) is 9.59 Å². The number of aryl methyl sites for hydroxylation is 1. The maximum atomic E-state index is 11.9. The maximum Gasteiger partial charge on any atom is 0.337 e. The van der Waals surface area contributed by atoms with Crippen LogP contribution in [0.3, 0.4) is 0 Å². The first-order chi connectivity index (χ1) is 11.0. The average molecular weight is 312 g/mol. The number of benzene rings is 1. The molecule has 0 bridgehead atoms. The molecule has 0 saturated heterocycles. The van der Waals surface area contributed by atoms with E-state index >= 15 is 0 Å². The molecule has 0 radical (unpaired) electrons. The lowest BCUT2D eigenvalue weighted by molar-refractivity contribution is -0.111. The SMILES string of the molecule is COc1cc(C=CC(=O)Nc2cnccc2C(=O)O)ccc1C. The Morgan fingerprint density at radius 1 is 1.30 bits per heavy atom. The second-order valence-electron chi connectivity index (χ2n) is 4.78. The third kappa shape index (κ3) is 4.16. The fourth-order valence-electron chi connectivity index (χ4n) is 1.97. The Labute approximate surface area is 133 Å². The van der Waals surface area contributed by atoms with Crippen LogP contribution in [0.4, 0.5) is 5.69 Å². The smallest absolute Gasteiger partial charge is 0.337 e. The summed E-state index contributed by atoms with van der Waals surface area (Å²) < 4.78 is 5.22. The molecule has 6 nitrogen and oxygen atoms in total. The van der Waals surface area contributed by atoms with Crippen LogP contribution in [0.15, 0.2) is 42.7 Å². The van der Waals surface area contributed by atoms with Crippen LogP contribution in [0.5, 0.6) is 5.75 Å². The van der Waals surface area contributed by atoms with Gasteiger partial charge < -0.3 is 15.2 Å². The van der Waals surface area contributed by atoms with E-state index in [-0.39, 0.29) is 11.3 Å². The van der Waals surface area contributed by atoms with Gasteiger partial charge in [0, 0.05) is 12.3 Å². The van der Waals surface area contributed by atoms with Crippen LogP contribution < -0.4 is 10.1 Å². The van der Waals surface area contributed by atoms with Gasteiger partial charge in [0.2, 0.25) is 5.91 Å². The lowest BCUT2D eigenvalue weighted by Gasteiger charge is -2.06. The maximum absolute atomic E-state index is 11.9. The van der Waals surface area contributed by atoms with Gasteiger partial charge in [0.15, 0.2) is 0 Å².